The molecule has 1 fully saturated rings. The second-order valence-corrected chi connectivity index (χ2v) is 9.14. The van der Waals surface area contributed by atoms with Gasteiger partial charge in [-0.3, -0.25) is 10.1 Å². The molecule has 8 nitrogen and oxygen atoms in total. The van der Waals surface area contributed by atoms with Crippen molar-refractivity contribution in [3.05, 3.63) is 63.7 Å². The Bertz CT molecular complexity index is 1100. The van der Waals surface area contributed by atoms with E-state index in [2.05, 4.69) is 41.4 Å². The molecule has 4 rings (SSSR count). The third-order valence-corrected chi connectivity index (χ3v) is 6.79. The zero-order valence-corrected chi connectivity index (χ0v) is 19.9. The number of urea groups is 1. The minimum Gasteiger partial charge on any atom is -0.353 e. The summed E-state index contributed by atoms with van der Waals surface area (Å²) in [7, 11) is 0. The monoisotopic (exact) mass is 514 g/mol. The maximum absolute atomic E-state index is 12.6. The van der Waals surface area contributed by atoms with Gasteiger partial charge in [0.05, 0.1) is 12.1 Å². The molecule has 0 spiro atoms. The molecule has 3 heterocycles. The molecule has 0 aliphatic carbocycles. The fourth-order valence-electron chi connectivity index (χ4n) is 3.39. The van der Waals surface area contributed by atoms with Crippen molar-refractivity contribution in [2.24, 2.45) is 0 Å². The highest BCUT2D eigenvalue weighted by atomic mass is 79.9. The van der Waals surface area contributed by atoms with Crippen molar-refractivity contribution in [2.45, 2.75) is 13.3 Å². The van der Waals surface area contributed by atoms with Crippen LogP contribution in [0.3, 0.4) is 0 Å². The van der Waals surface area contributed by atoms with Crippen LogP contribution < -0.4 is 15.5 Å². The van der Waals surface area contributed by atoms with E-state index < -0.39 is 0 Å². The SMILES string of the molecule is Cc1cc(NC(=O)Cc2csc(NC(=O)N3CCN(c4ccccn4)CC3)n2)ccc1Br. The number of nitrogens with one attached hydrogen (secondary N) is 2. The molecular formula is C22H23BrN6O2S. The van der Waals surface area contributed by atoms with Crippen molar-refractivity contribution in [1.29, 1.82) is 0 Å². The van der Waals surface area contributed by atoms with E-state index in [1.165, 1.54) is 11.3 Å². The number of pyridine rings is 1. The van der Waals surface area contributed by atoms with Crippen molar-refractivity contribution in [3.63, 3.8) is 0 Å². The van der Waals surface area contributed by atoms with Gasteiger partial charge in [0, 0.05) is 47.9 Å². The number of hydrogen-bond donors (Lipinski definition) is 2. The molecule has 2 N–H and O–H groups in total. The van der Waals surface area contributed by atoms with Crippen molar-refractivity contribution >= 4 is 55.8 Å². The van der Waals surface area contributed by atoms with Gasteiger partial charge in [-0.2, -0.15) is 0 Å². The number of aromatic nitrogens is 2. The van der Waals surface area contributed by atoms with Crippen LogP contribution in [0.15, 0.2) is 52.4 Å². The quantitative estimate of drug-likeness (QED) is 0.533. The summed E-state index contributed by atoms with van der Waals surface area (Å²) >= 11 is 4.77. The Morgan fingerprint density at radius 1 is 1.12 bits per heavy atom. The lowest BCUT2D eigenvalue weighted by atomic mass is 10.2. The average Bonchev–Trinajstić information content (AvgIpc) is 3.23. The third kappa shape index (κ3) is 5.63. The molecule has 32 heavy (non-hydrogen) atoms. The first-order chi connectivity index (χ1) is 15.5. The van der Waals surface area contributed by atoms with Gasteiger partial charge in [0.2, 0.25) is 5.91 Å². The average molecular weight is 515 g/mol. The maximum atomic E-state index is 12.6. The highest BCUT2D eigenvalue weighted by Crippen LogP contribution is 2.21. The molecule has 0 atom stereocenters. The van der Waals surface area contributed by atoms with E-state index in [1.807, 2.05) is 43.3 Å². The number of benzene rings is 1. The summed E-state index contributed by atoms with van der Waals surface area (Å²) in [6.45, 7) is 4.63. The van der Waals surface area contributed by atoms with E-state index in [0.29, 0.717) is 23.9 Å². The molecular weight excluding hydrogens is 492 g/mol. The van der Waals surface area contributed by atoms with Crippen LogP contribution in [0.25, 0.3) is 0 Å². The van der Waals surface area contributed by atoms with E-state index >= 15 is 0 Å². The van der Waals surface area contributed by atoms with Gasteiger partial charge < -0.3 is 15.1 Å². The zero-order chi connectivity index (χ0) is 22.5. The Kier molecular flexibility index (Phi) is 7.01. The molecule has 166 valence electrons. The molecule has 2 aromatic heterocycles. The molecule has 3 amide bonds. The summed E-state index contributed by atoms with van der Waals surface area (Å²) < 4.78 is 0.994. The summed E-state index contributed by atoms with van der Waals surface area (Å²) in [5, 5.41) is 8.01. The number of halogens is 1. The fourth-order valence-corrected chi connectivity index (χ4v) is 4.33. The molecule has 3 aromatic rings. The van der Waals surface area contributed by atoms with Crippen molar-refractivity contribution in [2.75, 3.05) is 41.7 Å². The lowest BCUT2D eigenvalue weighted by molar-refractivity contribution is -0.115. The van der Waals surface area contributed by atoms with Gasteiger partial charge in [0.1, 0.15) is 5.82 Å². The molecule has 0 unspecified atom stereocenters. The number of anilines is 3. The van der Waals surface area contributed by atoms with Crippen LogP contribution in [0.2, 0.25) is 0 Å². The summed E-state index contributed by atoms with van der Waals surface area (Å²) in [5.41, 5.74) is 2.41. The summed E-state index contributed by atoms with van der Waals surface area (Å²) in [6.07, 6.45) is 1.92. The first kappa shape index (κ1) is 22.2. The van der Waals surface area contributed by atoms with E-state index in [4.69, 9.17) is 0 Å². The second-order valence-electron chi connectivity index (χ2n) is 7.43. The van der Waals surface area contributed by atoms with Gasteiger partial charge >= 0.3 is 6.03 Å². The second kappa shape index (κ2) is 10.1. The van der Waals surface area contributed by atoms with Crippen LogP contribution in [0, 0.1) is 6.92 Å². The third-order valence-electron chi connectivity index (χ3n) is 5.09. The van der Waals surface area contributed by atoms with Gasteiger partial charge in [-0.05, 0) is 42.8 Å². The smallest absolute Gasteiger partial charge is 0.323 e. The minimum atomic E-state index is -0.179. The van der Waals surface area contributed by atoms with Crippen molar-refractivity contribution < 1.29 is 9.59 Å². The molecule has 1 aromatic carbocycles. The number of amides is 3. The first-order valence-electron chi connectivity index (χ1n) is 10.2. The Labute approximate surface area is 198 Å². The number of rotatable bonds is 5. The minimum absolute atomic E-state index is 0.143. The Morgan fingerprint density at radius 2 is 1.94 bits per heavy atom. The predicted molar refractivity (Wildman–Crippen MR) is 130 cm³/mol. The summed E-state index contributed by atoms with van der Waals surface area (Å²) in [4.78, 5) is 37.6. The fraction of sp³-hybridized carbons (Fsp3) is 0.273. The zero-order valence-electron chi connectivity index (χ0n) is 17.5. The Balaban J connectivity index is 1.26. The van der Waals surface area contributed by atoms with Crippen molar-refractivity contribution in [3.8, 4) is 0 Å². The number of piperazine rings is 1. The Hall–Kier alpha value is -2.98. The van der Waals surface area contributed by atoms with Crippen LogP contribution in [0.1, 0.15) is 11.3 Å². The number of hydrogen-bond acceptors (Lipinski definition) is 6. The van der Waals surface area contributed by atoms with Crippen LogP contribution in [-0.4, -0.2) is 53.0 Å². The van der Waals surface area contributed by atoms with Crippen LogP contribution in [0.5, 0.6) is 0 Å². The Morgan fingerprint density at radius 3 is 2.66 bits per heavy atom. The van der Waals surface area contributed by atoms with E-state index in [9.17, 15) is 9.59 Å². The van der Waals surface area contributed by atoms with Crippen LogP contribution in [-0.2, 0) is 11.2 Å². The molecule has 0 saturated carbocycles. The van der Waals surface area contributed by atoms with Gasteiger partial charge in [0.15, 0.2) is 5.13 Å². The van der Waals surface area contributed by atoms with Gasteiger partial charge in [-0.15, -0.1) is 11.3 Å². The van der Waals surface area contributed by atoms with Crippen LogP contribution in [0.4, 0.5) is 21.4 Å². The maximum Gasteiger partial charge on any atom is 0.323 e. The number of thiazole rings is 1. The molecule has 0 radical (unpaired) electrons. The van der Waals surface area contributed by atoms with Gasteiger partial charge in [-0.1, -0.05) is 22.0 Å². The number of carbonyl (C=O) groups excluding carboxylic acids is 2. The lowest BCUT2D eigenvalue weighted by Gasteiger charge is -2.35. The topological polar surface area (TPSA) is 90.5 Å². The van der Waals surface area contributed by atoms with Gasteiger partial charge in [-0.25, -0.2) is 14.8 Å². The normalized spacial score (nSPS) is 13.7. The van der Waals surface area contributed by atoms with Crippen LogP contribution >= 0.6 is 27.3 Å². The largest absolute Gasteiger partial charge is 0.353 e. The molecule has 1 aliphatic heterocycles. The first-order valence-corrected chi connectivity index (χ1v) is 11.9. The molecule has 10 heteroatoms. The molecule has 1 saturated heterocycles. The summed E-state index contributed by atoms with van der Waals surface area (Å²) in [5.74, 6) is 0.772. The lowest BCUT2D eigenvalue weighted by Crippen LogP contribution is -2.50. The number of carbonyl (C=O) groups is 2. The van der Waals surface area contributed by atoms with Crippen molar-refractivity contribution in [1.82, 2.24) is 14.9 Å². The standard InChI is InChI=1S/C22H23BrN6O2S/c1-15-12-16(5-6-18(15)23)25-20(30)13-17-14-32-21(26-17)27-22(31)29-10-8-28(9-11-29)19-4-2-3-7-24-19/h2-7,12,14H,8-11,13H2,1H3,(H,25,30)(H,26,27,31). The highest BCUT2D eigenvalue weighted by molar-refractivity contribution is 9.10. The summed E-state index contributed by atoms with van der Waals surface area (Å²) in [6, 6.07) is 11.3. The molecule has 1 aliphatic rings. The number of nitrogens with zero attached hydrogens (tertiary/aromatic N) is 4. The number of aryl methyl sites for hydroxylation is 1. The van der Waals surface area contributed by atoms with Gasteiger partial charge in [0.25, 0.3) is 0 Å². The van der Waals surface area contributed by atoms with E-state index in [1.54, 1.807) is 16.5 Å². The van der Waals surface area contributed by atoms with E-state index in [-0.39, 0.29) is 18.4 Å². The molecule has 0 bridgehead atoms. The highest BCUT2D eigenvalue weighted by Gasteiger charge is 2.22. The predicted octanol–water partition coefficient (Wildman–Crippen LogP) is 4.14. The van der Waals surface area contributed by atoms with E-state index in [0.717, 1.165) is 34.6 Å².